The number of anilines is 1. The number of pyridine rings is 1. The molecule has 0 aromatic carbocycles. The van der Waals surface area contributed by atoms with E-state index in [2.05, 4.69) is 37.9 Å². The second kappa shape index (κ2) is 5.17. The summed E-state index contributed by atoms with van der Waals surface area (Å²) in [7, 11) is 0. The number of hydrogen-bond donors (Lipinski definition) is 0. The van der Waals surface area contributed by atoms with Crippen LogP contribution in [0, 0.1) is 12.8 Å². The lowest BCUT2D eigenvalue weighted by Crippen LogP contribution is -2.46. The van der Waals surface area contributed by atoms with Crippen LogP contribution in [0.2, 0.25) is 0 Å². The van der Waals surface area contributed by atoms with Gasteiger partial charge in [0.25, 0.3) is 0 Å². The molecule has 1 aromatic rings. The summed E-state index contributed by atoms with van der Waals surface area (Å²) in [5.74, 6) is 1.80. The first-order valence-electron chi connectivity index (χ1n) is 6.74. The van der Waals surface area contributed by atoms with E-state index in [1.165, 1.54) is 12.8 Å². The zero-order chi connectivity index (χ0) is 12.5. The molecule has 3 nitrogen and oxygen atoms in total. The SMILES string of the molecule is Cc1nc(N2CCC3OCCCC3C2)ccc1Br. The van der Waals surface area contributed by atoms with Gasteiger partial charge >= 0.3 is 0 Å². The summed E-state index contributed by atoms with van der Waals surface area (Å²) in [5.41, 5.74) is 1.06. The van der Waals surface area contributed by atoms with E-state index in [1.807, 2.05) is 6.92 Å². The molecule has 2 atom stereocenters. The number of halogens is 1. The lowest BCUT2D eigenvalue weighted by atomic mass is 9.88. The highest BCUT2D eigenvalue weighted by Gasteiger charge is 2.32. The van der Waals surface area contributed by atoms with Crippen molar-refractivity contribution >= 4 is 21.7 Å². The summed E-state index contributed by atoms with van der Waals surface area (Å²) in [4.78, 5) is 7.08. The van der Waals surface area contributed by atoms with Crippen molar-refractivity contribution in [2.24, 2.45) is 5.92 Å². The second-order valence-corrected chi connectivity index (χ2v) is 6.14. The van der Waals surface area contributed by atoms with Gasteiger partial charge in [-0.3, -0.25) is 0 Å². The summed E-state index contributed by atoms with van der Waals surface area (Å²) in [6.07, 6.45) is 4.14. The molecular formula is C14H19BrN2O. The van der Waals surface area contributed by atoms with Gasteiger partial charge in [-0.2, -0.15) is 0 Å². The summed E-state index contributed by atoms with van der Waals surface area (Å²) in [6.45, 7) is 5.16. The number of aromatic nitrogens is 1. The van der Waals surface area contributed by atoms with E-state index in [0.717, 1.165) is 42.1 Å². The summed E-state index contributed by atoms with van der Waals surface area (Å²) in [6, 6.07) is 4.21. The first-order valence-corrected chi connectivity index (χ1v) is 7.53. The first-order chi connectivity index (χ1) is 8.74. The first kappa shape index (κ1) is 12.4. The molecule has 2 aliphatic rings. The molecule has 0 radical (unpaired) electrons. The maximum atomic E-state index is 5.85. The van der Waals surface area contributed by atoms with Gasteiger partial charge in [-0.1, -0.05) is 0 Å². The molecule has 0 saturated carbocycles. The van der Waals surface area contributed by atoms with E-state index in [-0.39, 0.29) is 0 Å². The van der Waals surface area contributed by atoms with Crippen molar-refractivity contribution in [2.75, 3.05) is 24.6 Å². The van der Waals surface area contributed by atoms with Gasteiger partial charge in [0.1, 0.15) is 5.82 Å². The molecule has 4 heteroatoms. The summed E-state index contributed by atoms with van der Waals surface area (Å²) >= 11 is 3.51. The van der Waals surface area contributed by atoms with Crippen molar-refractivity contribution in [2.45, 2.75) is 32.3 Å². The molecule has 2 aliphatic heterocycles. The topological polar surface area (TPSA) is 25.4 Å². The fourth-order valence-electron chi connectivity index (χ4n) is 3.00. The Morgan fingerprint density at radius 3 is 3.11 bits per heavy atom. The summed E-state index contributed by atoms with van der Waals surface area (Å²) in [5, 5.41) is 0. The number of piperidine rings is 1. The highest BCUT2D eigenvalue weighted by molar-refractivity contribution is 9.10. The number of fused-ring (bicyclic) bond motifs is 1. The molecule has 1 aromatic heterocycles. The molecule has 0 bridgehead atoms. The maximum absolute atomic E-state index is 5.85. The lowest BCUT2D eigenvalue weighted by molar-refractivity contribution is -0.0358. The van der Waals surface area contributed by atoms with Crippen LogP contribution in [0.3, 0.4) is 0 Å². The zero-order valence-electron chi connectivity index (χ0n) is 10.7. The smallest absolute Gasteiger partial charge is 0.128 e. The zero-order valence-corrected chi connectivity index (χ0v) is 12.3. The van der Waals surface area contributed by atoms with Gasteiger partial charge in [0.05, 0.1) is 11.8 Å². The van der Waals surface area contributed by atoms with Crippen molar-refractivity contribution in [1.29, 1.82) is 0 Å². The minimum atomic E-state index is 0.492. The van der Waals surface area contributed by atoms with Crippen LogP contribution in [0.15, 0.2) is 16.6 Å². The van der Waals surface area contributed by atoms with Crippen LogP contribution >= 0.6 is 15.9 Å². The monoisotopic (exact) mass is 310 g/mol. The Morgan fingerprint density at radius 2 is 2.28 bits per heavy atom. The van der Waals surface area contributed by atoms with Crippen LogP contribution in [0.25, 0.3) is 0 Å². The van der Waals surface area contributed by atoms with Gasteiger partial charge in [-0.25, -0.2) is 4.98 Å². The predicted octanol–water partition coefficient (Wildman–Crippen LogP) is 3.16. The average Bonchev–Trinajstić information content (AvgIpc) is 2.41. The highest BCUT2D eigenvalue weighted by atomic mass is 79.9. The average molecular weight is 311 g/mol. The fourth-order valence-corrected chi connectivity index (χ4v) is 3.22. The fraction of sp³-hybridized carbons (Fsp3) is 0.643. The normalized spacial score (nSPS) is 28.0. The molecule has 0 aliphatic carbocycles. The van der Waals surface area contributed by atoms with Gasteiger partial charge < -0.3 is 9.64 Å². The van der Waals surface area contributed by atoms with Crippen LogP contribution < -0.4 is 4.90 Å². The third-order valence-corrected chi connectivity index (χ3v) is 4.88. The van der Waals surface area contributed by atoms with Crippen molar-refractivity contribution in [3.63, 3.8) is 0 Å². The molecule has 0 spiro atoms. The second-order valence-electron chi connectivity index (χ2n) is 5.28. The van der Waals surface area contributed by atoms with Crippen molar-refractivity contribution < 1.29 is 4.74 Å². The molecule has 0 amide bonds. The molecule has 98 valence electrons. The van der Waals surface area contributed by atoms with Crippen LogP contribution in [0.5, 0.6) is 0 Å². The van der Waals surface area contributed by atoms with E-state index in [0.29, 0.717) is 12.0 Å². The molecule has 3 heterocycles. The summed E-state index contributed by atoms with van der Waals surface area (Å²) < 4.78 is 6.94. The minimum absolute atomic E-state index is 0.492. The van der Waals surface area contributed by atoms with E-state index in [9.17, 15) is 0 Å². The van der Waals surface area contributed by atoms with E-state index >= 15 is 0 Å². The van der Waals surface area contributed by atoms with E-state index < -0.39 is 0 Å². The number of ether oxygens (including phenoxy) is 1. The van der Waals surface area contributed by atoms with E-state index in [1.54, 1.807) is 0 Å². The van der Waals surface area contributed by atoms with Crippen molar-refractivity contribution in [1.82, 2.24) is 4.98 Å². The number of hydrogen-bond acceptors (Lipinski definition) is 3. The number of rotatable bonds is 1. The van der Waals surface area contributed by atoms with Crippen LogP contribution in [0.1, 0.15) is 25.0 Å². The Bertz CT molecular complexity index is 438. The number of nitrogens with zero attached hydrogens (tertiary/aromatic N) is 2. The van der Waals surface area contributed by atoms with Gasteiger partial charge in [0, 0.05) is 30.1 Å². The quantitative estimate of drug-likeness (QED) is 0.796. The largest absolute Gasteiger partial charge is 0.378 e. The molecular weight excluding hydrogens is 292 g/mol. The number of aryl methyl sites for hydroxylation is 1. The predicted molar refractivity (Wildman–Crippen MR) is 76.0 cm³/mol. The Balaban J connectivity index is 1.75. The van der Waals surface area contributed by atoms with Crippen molar-refractivity contribution in [3.05, 3.63) is 22.3 Å². The Kier molecular flexibility index (Phi) is 3.57. The van der Waals surface area contributed by atoms with Crippen LogP contribution in [-0.2, 0) is 4.74 Å². The molecule has 2 unspecified atom stereocenters. The Morgan fingerprint density at radius 1 is 1.39 bits per heavy atom. The Hall–Kier alpha value is -0.610. The molecule has 18 heavy (non-hydrogen) atoms. The highest BCUT2D eigenvalue weighted by Crippen LogP contribution is 2.30. The van der Waals surface area contributed by atoms with Crippen LogP contribution in [0.4, 0.5) is 5.82 Å². The third-order valence-electron chi connectivity index (χ3n) is 4.05. The molecule has 2 saturated heterocycles. The molecule has 3 rings (SSSR count). The van der Waals surface area contributed by atoms with E-state index in [4.69, 9.17) is 4.74 Å². The minimum Gasteiger partial charge on any atom is -0.378 e. The van der Waals surface area contributed by atoms with Gasteiger partial charge in [-0.05, 0) is 54.2 Å². The third kappa shape index (κ3) is 2.41. The standard InChI is InChI=1S/C14H19BrN2O/c1-10-12(15)4-5-14(16-10)17-7-6-13-11(9-17)3-2-8-18-13/h4-5,11,13H,2-3,6-9H2,1H3. The van der Waals surface area contributed by atoms with Gasteiger partial charge in [0.15, 0.2) is 0 Å². The maximum Gasteiger partial charge on any atom is 0.128 e. The Labute approximate surface area is 117 Å². The lowest BCUT2D eigenvalue weighted by Gasteiger charge is -2.41. The van der Waals surface area contributed by atoms with Gasteiger partial charge in [0.2, 0.25) is 0 Å². The molecule has 0 N–H and O–H groups in total. The van der Waals surface area contributed by atoms with Gasteiger partial charge in [-0.15, -0.1) is 0 Å². The van der Waals surface area contributed by atoms with Crippen LogP contribution in [-0.4, -0.2) is 30.8 Å². The molecule has 2 fully saturated rings. The van der Waals surface area contributed by atoms with Crippen molar-refractivity contribution in [3.8, 4) is 0 Å².